The summed E-state index contributed by atoms with van der Waals surface area (Å²) in [7, 11) is 0. The Morgan fingerprint density at radius 2 is 1.93 bits per heavy atom. The molecule has 0 saturated carbocycles. The zero-order valence-electron chi connectivity index (χ0n) is 9.44. The van der Waals surface area contributed by atoms with E-state index >= 15 is 0 Å². The van der Waals surface area contributed by atoms with Crippen LogP contribution >= 0.6 is 15.9 Å². The van der Waals surface area contributed by atoms with Crippen LogP contribution in [0.25, 0.3) is 0 Å². The van der Waals surface area contributed by atoms with Crippen LogP contribution in [0.2, 0.25) is 0 Å². The molecule has 2 N–H and O–H groups in total. The normalized spacial score (nSPS) is 10.6. The number of benzene rings is 1. The summed E-state index contributed by atoms with van der Waals surface area (Å²) in [5.74, 6) is 0. The average molecular weight is 271 g/mol. The Balaban J connectivity index is 2.31. The minimum absolute atomic E-state index is 0.923. The fourth-order valence-electron chi connectivity index (χ4n) is 1.37. The number of hydrogen-bond acceptors (Lipinski definition) is 2. The quantitative estimate of drug-likeness (QED) is 0.777. The molecular formula is C12H19BrN2. The maximum atomic E-state index is 3.57. The monoisotopic (exact) mass is 270 g/mol. The van der Waals surface area contributed by atoms with E-state index < -0.39 is 0 Å². The zero-order chi connectivity index (χ0) is 11.1. The van der Waals surface area contributed by atoms with Crippen LogP contribution in [-0.2, 0) is 6.54 Å². The first-order valence-corrected chi connectivity index (χ1v) is 6.19. The van der Waals surface area contributed by atoms with E-state index in [0.29, 0.717) is 0 Å². The van der Waals surface area contributed by atoms with Gasteiger partial charge in [-0.25, -0.2) is 0 Å². The van der Waals surface area contributed by atoms with Crippen molar-refractivity contribution in [1.82, 2.24) is 10.6 Å². The van der Waals surface area contributed by atoms with Gasteiger partial charge in [-0.05, 0) is 30.7 Å². The predicted molar refractivity (Wildman–Crippen MR) is 69.1 cm³/mol. The van der Waals surface area contributed by atoms with E-state index in [1.54, 1.807) is 0 Å². The molecule has 1 aromatic carbocycles. The number of aryl methyl sites for hydroxylation is 1. The van der Waals surface area contributed by atoms with E-state index in [-0.39, 0.29) is 0 Å². The van der Waals surface area contributed by atoms with Gasteiger partial charge in [-0.1, -0.05) is 35.0 Å². The molecule has 84 valence electrons. The van der Waals surface area contributed by atoms with Crippen molar-refractivity contribution in [2.45, 2.75) is 20.4 Å². The third-order valence-electron chi connectivity index (χ3n) is 2.25. The van der Waals surface area contributed by atoms with Gasteiger partial charge in [0.25, 0.3) is 0 Å². The van der Waals surface area contributed by atoms with E-state index in [4.69, 9.17) is 0 Å². The largest absolute Gasteiger partial charge is 0.316 e. The van der Waals surface area contributed by atoms with Gasteiger partial charge in [0.15, 0.2) is 0 Å². The van der Waals surface area contributed by atoms with E-state index in [2.05, 4.69) is 58.6 Å². The summed E-state index contributed by atoms with van der Waals surface area (Å²) in [4.78, 5) is 0. The van der Waals surface area contributed by atoms with Crippen molar-refractivity contribution in [3.05, 3.63) is 33.8 Å². The maximum absolute atomic E-state index is 3.57. The van der Waals surface area contributed by atoms with Gasteiger partial charge in [0, 0.05) is 24.1 Å². The van der Waals surface area contributed by atoms with E-state index in [0.717, 1.165) is 26.2 Å². The standard InChI is InChI=1S/C12H19BrN2/c1-3-14-6-7-15-9-11-5-4-10(2)8-12(11)13/h4-5,8,14-15H,3,6-7,9H2,1-2H3. The van der Waals surface area contributed by atoms with Gasteiger partial charge in [-0.3, -0.25) is 0 Å². The molecule has 0 spiro atoms. The SMILES string of the molecule is CCNCCNCc1ccc(C)cc1Br. The van der Waals surface area contributed by atoms with Gasteiger partial charge in [0.1, 0.15) is 0 Å². The second-order valence-corrected chi connectivity index (χ2v) is 4.48. The lowest BCUT2D eigenvalue weighted by atomic mass is 10.1. The maximum Gasteiger partial charge on any atom is 0.0222 e. The number of rotatable bonds is 6. The number of likely N-dealkylation sites (N-methyl/N-ethyl adjacent to an activating group) is 1. The van der Waals surface area contributed by atoms with Gasteiger partial charge in [-0.2, -0.15) is 0 Å². The van der Waals surface area contributed by atoms with Gasteiger partial charge in [-0.15, -0.1) is 0 Å². The van der Waals surface area contributed by atoms with Crippen LogP contribution in [0, 0.1) is 6.92 Å². The van der Waals surface area contributed by atoms with Crippen molar-refractivity contribution < 1.29 is 0 Å². The lowest BCUT2D eigenvalue weighted by Gasteiger charge is -2.07. The smallest absolute Gasteiger partial charge is 0.0222 e. The number of halogens is 1. The minimum atomic E-state index is 0.923. The van der Waals surface area contributed by atoms with Crippen LogP contribution < -0.4 is 10.6 Å². The van der Waals surface area contributed by atoms with Crippen LogP contribution in [-0.4, -0.2) is 19.6 Å². The Kier molecular flexibility index (Phi) is 5.91. The third kappa shape index (κ3) is 4.78. The van der Waals surface area contributed by atoms with Crippen molar-refractivity contribution in [3.63, 3.8) is 0 Å². The van der Waals surface area contributed by atoms with Crippen LogP contribution in [0.3, 0.4) is 0 Å². The minimum Gasteiger partial charge on any atom is -0.316 e. The molecule has 2 nitrogen and oxygen atoms in total. The van der Waals surface area contributed by atoms with Crippen LogP contribution in [0.5, 0.6) is 0 Å². The lowest BCUT2D eigenvalue weighted by molar-refractivity contribution is 0.624. The molecule has 1 rings (SSSR count). The summed E-state index contributed by atoms with van der Waals surface area (Å²) < 4.78 is 1.19. The summed E-state index contributed by atoms with van der Waals surface area (Å²) in [6.45, 7) is 8.22. The highest BCUT2D eigenvalue weighted by Gasteiger charge is 1.98. The zero-order valence-corrected chi connectivity index (χ0v) is 11.0. The molecule has 0 aliphatic carbocycles. The summed E-state index contributed by atoms with van der Waals surface area (Å²) in [6, 6.07) is 6.47. The first-order valence-electron chi connectivity index (χ1n) is 5.40. The van der Waals surface area contributed by atoms with Crippen LogP contribution in [0.4, 0.5) is 0 Å². The van der Waals surface area contributed by atoms with Gasteiger partial charge in [0.2, 0.25) is 0 Å². The highest BCUT2D eigenvalue weighted by Crippen LogP contribution is 2.17. The first-order chi connectivity index (χ1) is 7.24. The second kappa shape index (κ2) is 6.99. The molecule has 0 atom stereocenters. The van der Waals surface area contributed by atoms with Crippen molar-refractivity contribution in [2.24, 2.45) is 0 Å². The molecule has 0 radical (unpaired) electrons. The molecule has 0 aromatic heterocycles. The Morgan fingerprint density at radius 3 is 2.60 bits per heavy atom. The van der Waals surface area contributed by atoms with Crippen molar-refractivity contribution in [1.29, 1.82) is 0 Å². The molecule has 0 aliphatic heterocycles. The second-order valence-electron chi connectivity index (χ2n) is 3.63. The fourth-order valence-corrected chi connectivity index (χ4v) is 2.01. The summed E-state index contributed by atoms with van der Waals surface area (Å²) in [5.41, 5.74) is 2.61. The topological polar surface area (TPSA) is 24.1 Å². The van der Waals surface area contributed by atoms with E-state index in [1.165, 1.54) is 15.6 Å². The highest BCUT2D eigenvalue weighted by molar-refractivity contribution is 9.10. The predicted octanol–water partition coefficient (Wildman–Crippen LogP) is 2.46. The summed E-state index contributed by atoms with van der Waals surface area (Å²) >= 11 is 3.57. The lowest BCUT2D eigenvalue weighted by Crippen LogP contribution is -2.26. The fraction of sp³-hybridized carbons (Fsp3) is 0.500. The Morgan fingerprint density at radius 1 is 1.20 bits per heavy atom. The van der Waals surface area contributed by atoms with E-state index in [1.807, 2.05) is 0 Å². The van der Waals surface area contributed by atoms with E-state index in [9.17, 15) is 0 Å². The summed E-state index contributed by atoms with van der Waals surface area (Å²) in [5, 5.41) is 6.69. The van der Waals surface area contributed by atoms with Gasteiger partial charge < -0.3 is 10.6 Å². The molecule has 0 saturated heterocycles. The third-order valence-corrected chi connectivity index (χ3v) is 2.99. The molecule has 0 fully saturated rings. The van der Waals surface area contributed by atoms with Gasteiger partial charge >= 0.3 is 0 Å². The van der Waals surface area contributed by atoms with Crippen molar-refractivity contribution >= 4 is 15.9 Å². The molecule has 0 heterocycles. The number of hydrogen-bond donors (Lipinski definition) is 2. The first kappa shape index (κ1) is 12.7. The van der Waals surface area contributed by atoms with Crippen molar-refractivity contribution in [2.75, 3.05) is 19.6 Å². The molecule has 0 bridgehead atoms. The molecule has 0 aliphatic rings. The van der Waals surface area contributed by atoms with Crippen molar-refractivity contribution in [3.8, 4) is 0 Å². The van der Waals surface area contributed by atoms with Gasteiger partial charge in [0.05, 0.1) is 0 Å². The average Bonchev–Trinajstić information content (AvgIpc) is 2.20. The molecular weight excluding hydrogens is 252 g/mol. The van der Waals surface area contributed by atoms with Crippen LogP contribution in [0.15, 0.2) is 22.7 Å². The number of nitrogens with one attached hydrogen (secondary N) is 2. The molecule has 0 unspecified atom stereocenters. The van der Waals surface area contributed by atoms with Crippen LogP contribution in [0.1, 0.15) is 18.1 Å². The molecule has 3 heteroatoms. The Bertz CT molecular complexity index is 300. The molecule has 15 heavy (non-hydrogen) atoms. The summed E-state index contributed by atoms with van der Waals surface area (Å²) in [6.07, 6.45) is 0. The molecule has 1 aromatic rings. The highest BCUT2D eigenvalue weighted by atomic mass is 79.9. The molecule has 0 amide bonds. The Hall–Kier alpha value is -0.380. The Labute approximate surface area is 101 Å².